The zero-order valence-electron chi connectivity index (χ0n) is 15.7. The Kier molecular flexibility index (Phi) is 5.97. The zero-order chi connectivity index (χ0) is 19.9. The number of anilines is 1. The van der Waals surface area contributed by atoms with Gasteiger partial charge in [-0.25, -0.2) is 4.98 Å². The molecule has 4 aromatic heterocycles. The fourth-order valence-corrected chi connectivity index (χ4v) is 3.62. The summed E-state index contributed by atoms with van der Waals surface area (Å²) >= 11 is 1.40. The zero-order valence-corrected chi connectivity index (χ0v) is 16.5. The topological polar surface area (TPSA) is 73.0 Å². The van der Waals surface area contributed by atoms with Crippen LogP contribution in [0.15, 0.2) is 71.2 Å². The van der Waals surface area contributed by atoms with Gasteiger partial charge in [0.2, 0.25) is 0 Å². The lowest BCUT2D eigenvalue weighted by Gasteiger charge is -2.08. The van der Waals surface area contributed by atoms with Gasteiger partial charge in [0.15, 0.2) is 5.13 Å². The Balaban J connectivity index is 1.34. The van der Waals surface area contributed by atoms with Crippen LogP contribution in [0.1, 0.15) is 33.7 Å². The van der Waals surface area contributed by atoms with E-state index < -0.39 is 0 Å². The number of aryl methyl sites for hydroxylation is 2. The molecule has 0 fully saturated rings. The summed E-state index contributed by atoms with van der Waals surface area (Å²) in [5, 5.41) is 5.37. The van der Waals surface area contributed by atoms with Gasteiger partial charge in [-0.3, -0.25) is 15.1 Å². The fourth-order valence-electron chi connectivity index (χ4n) is 2.95. The third kappa shape index (κ3) is 5.08. The highest BCUT2D eigenvalue weighted by Crippen LogP contribution is 2.19. The van der Waals surface area contributed by atoms with Crippen LogP contribution in [0.3, 0.4) is 0 Å². The number of pyridine rings is 1. The minimum Gasteiger partial charge on any atom is -0.472 e. The quantitative estimate of drug-likeness (QED) is 0.449. The molecule has 146 valence electrons. The van der Waals surface area contributed by atoms with Crippen LogP contribution in [-0.2, 0) is 13.0 Å². The first-order chi connectivity index (χ1) is 14.3. The Labute approximate surface area is 172 Å². The van der Waals surface area contributed by atoms with E-state index in [0.717, 1.165) is 30.6 Å². The van der Waals surface area contributed by atoms with Crippen molar-refractivity contribution in [2.75, 3.05) is 5.32 Å². The minimum atomic E-state index is -0.154. The van der Waals surface area contributed by atoms with Crippen molar-refractivity contribution in [2.24, 2.45) is 0 Å². The summed E-state index contributed by atoms with van der Waals surface area (Å²) in [6, 6.07) is 9.63. The minimum absolute atomic E-state index is 0.154. The van der Waals surface area contributed by atoms with E-state index in [4.69, 9.17) is 4.42 Å². The molecule has 0 radical (unpaired) electrons. The first-order valence-corrected chi connectivity index (χ1v) is 10.2. The monoisotopic (exact) mass is 404 g/mol. The van der Waals surface area contributed by atoms with Crippen LogP contribution in [-0.4, -0.2) is 20.4 Å². The van der Waals surface area contributed by atoms with Crippen LogP contribution in [0.2, 0.25) is 0 Å². The molecule has 29 heavy (non-hydrogen) atoms. The summed E-state index contributed by atoms with van der Waals surface area (Å²) in [4.78, 5) is 21.2. The van der Waals surface area contributed by atoms with E-state index in [1.807, 2.05) is 58.6 Å². The number of carbonyl (C=O) groups excluding carboxylic acids is 1. The summed E-state index contributed by atoms with van der Waals surface area (Å²) in [7, 11) is 0. The number of furan rings is 1. The van der Waals surface area contributed by atoms with Gasteiger partial charge in [0.05, 0.1) is 18.2 Å². The second-order valence-corrected chi connectivity index (χ2v) is 7.33. The van der Waals surface area contributed by atoms with Gasteiger partial charge < -0.3 is 8.98 Å². The molecule has 1 amide bonds. The molecule has 6 nitrogen and oxygen atoms in total. The van der Waals surface area contributed by atoms with E-state index in [1.165, 1.54) is 16.9 Å². The number of hydrogen-bond donors (Lipinski definition) is 1. The highest BCUT2D eigenvalue weighted by Gasteiger charge is 2.12. The number of nitrogens with one attached hydrogen (secondary N) is 1. The van der Waals surface area contributed by atoms with Crippen molar-refractivity contribution in [3.63, 3.8) is 0 Å². The molecule has 0 saturated carbocycles. The Morgan fingerprint density at radius 3 is 2.93 bits per heavy atom. The number of nitrogens with zero attached hydrogens (tertiary/aromatic N) is 3. The van der Waals surface area contributed by atoms with Crippen molar-refractivity contribution < 1.29 is 9.21 Å². The van der Waals surface area contributed by atoms with Gasteiger partial charge in [-0.2, -0.15) is 0 Å². The standard InChI is InChI=1S/C22H20N4O2S/c27-21(25-22-24-19(16-29-22)6-5-18-9-14-28-15-18)20-4-2-13-26(20)12-1-3-17-7-10-23-11-8-17/h2,4-11,13-16H,1,3,12H2,(H,24,25,27). The molecule has 4 rings (SSSR count). The molecule has 0 unspecified atom stereocenters. The van der Waals surface area contributed by atoms with Crippen LogP contribution in [0, 0.1) is 0 Å². The molecular weight excluding hydrogens is 384 g/mol. The molecule has 0 bridgehead atoms. The summed E-state index contributed by atoms with van der Waals surface area (Å²) in [5.41, 5.74) is 3.63. The van der Waals surface area contributed by atoms with Crippen LogP contribution in [0.5, 0.6) is 0 Å². The fraction of sp³-hybridized carbons (Fsp3) is 0.136. The maximum Gasteiger partial charge on any atom is 0.274 e. The number of rotatable bonds is 8. The number of aromatic nitrogens is 3. The molecule has 0 aliphatic carbocycles. The van der Waals surface area contributed by atoms with Crippen molar-refractivity contribution in [2.45, 2.75) is 19.4 Å². The van der Waals surface area contributed by atoms with Gasteiger partial charge in [-0.05, 0) is 60.9 Å². The maximum atomic E-state index is 12.7. The number of carbonyl (C=O) groups is 1. The second-order valence-electron chi connectivity index (χ2n) is 6.47. The molecule has 0 atom stereocenters. The van der Waals surface area contributed by atoms with Gasteiger partial charge in [-0.15, -0.1) is 11.3 Å². The largest absolute Gasteiger partial charge is 0.472 e. The van der Waals surface area contributed by atoms with E-state index in [9.17, 15) is 4.79 Å². The lowest BCUT2D eigenvalue weighted by Crippen LogP contribution is -2.17. The maximum absolute atomic E-state index is 12.7. The third-order valence-electron chi connectivity index (χ3n) is 4.41. The summed E-state index contributed by atoms with van der Waals surface area (Å²) < 4.78 is 7.01. The molecule has 0 aliphatic heterocycles. The molecule has 0 saturated heterocycles. The average molecular weight is 404 g/mol. The van der Waals surface area contributed by atoms with Crippen LogP contribution >= 0.6 is 11.3 Å². The van der Waals surface area contributed by atoms with Gasteiger partial charge in [-0.1, -0.05) is 0 Å². The number of amides is 1. The van der Waals surface area contributed by atoms with Gasteiger partial charge in [0.25, 0.3) is 5.91 Å². The van der Waals surface area contributed by atoms with Crippen LogP contribution < -0.4 is 5.32 Å². The van der Waals surface area contributed by atoms with Gasteiger partial charge in [0, 0.05) is 36.1 Å². The molecule has 7 heteroatoms. The van der Waals surface area contributed by atoms with E-state index in [0.29, 0.717) is 10.8 Å². The molecule has 0 aliphatic rings. The Bertz CT molecular complexity index is 1080. The summed E-state index contributed by atoms with van der Waals surface area (Å²) in [5.74, 6) is -0.154. The molecule has 0 aromatic carbocycles. The van der Waals surface area contributed by atoms with Crippen LogP contribution in [0.25, 0.3) is 12.2 Å². The van der Waals surface area contributed by atoms with Gasteiger partial charge >= 0.3 is 0 Å². The average Bonchev–Trinajstić information content (AvgIpc) is 3.49. The SMILES string of the molecule is O=C(Nc1nc(C=Cc2ccoc2)cs1)c1cccn1CCCc1ccncc1. The molecule has 4 aromatic rings. The predicted molar refractivity (Wildman–Crippen MR) is 115 cm³/mol. The van der Waals surface area contributed by atoms with E-state index in [2.05, 4.69) is 15.3 Å². The lowest BCUT2D eigenvalue weighted by atomic mass is 10.1. The smallest absolute Gasteiger partial charge is 0.274 e. The first kappa shape index (κ1) is 18.9. The number of hydrogen-bond acceptors (Lipinski definition) is 5. The Morgan fingerprint density at radius 1 is 1.21 bits per heavy atom. The Hall–Kier alpha value is -3.45. The third-order valence-corrected chi connectivity index (χ3v) is 5.18. The summed E-state index contributed by atoms with van der Waals surface area (Å²) in [6.07, 6.45) is 14.5. The highest BCUT2D eigenvalue weighted by molar-refractivity contribution is 7.14. The first-order valence-electron chi connectivity index (χ1n) is 9.29. The summed E-state index contributed by atoms with van der Waals surface area (Å²) in [6.45, 7) is 0.772. The van der Waals surface area contributed by atoms with Crippen molar-refractivity contribution >= 4 is 34.5 Å². The van der Waals surface area contributed by atoms with Crippen molar-refractivity contribution in [1.29, 1.82) is 0 Å². The molecular formula is C22H20N4O2S. The van der Waals surface area contributed by atoms with E-state index in [1.54, 1.807) is 24.9 Å². The lowest BCUT2D eigenvalue weighted by molar-refractivity contribution is 0.101. The van der Waals surface area contributed by atoms with Crippen LogP contribution in [0.4, 0.5) is 5.13 Å². The normalized spacial score (nSPS) is 11.2. The predicted octanol–water partition coefficient (Wildman–Crippen LogP) is 4.99. The van der Waals surface area contributed by atoms with E-state index >= 15 is 0 Å². The van der Waals surface area contributed by atoms with Crippen molar-refractivity contribution in [3.05, 3.63) is 89.3 Å². The highest BCUT2D eigenvalue weighted by atomic mass is 32.1. The molecule has 1 N–H and O–H groups in total. The Morgan fingerprint density at radius 2 is 2.10 bits per heavy atom. The second kappa shape index (κ2) is 9.16. The van der Waals surface area contributed by atoms with E-state index in [-0.39, 0.29) is 5.91 Å². The van der Waals surface area contributed by atoms with Gasteiger partial charge in [0.1, 0.15) is 5.69 Å². The molecule has 0 spiro atoms. The van der Waals surface area contributed by atoms with Crippen molar-refractivity contribution in [1.82, 2.24) is 14.5 Å². The number of thiazole rings is 1. The van der Waals surface area contributed by atoms with Crippen molar-refractivity contribution in [3.8, 4) is 0 Å². The molecule has 4 heterocycles.